The Labute approximate surface area is 112 Å². The minimum absolute atomic E-state index is 1.28. The lowest BCUT2D eigenvalue weighted by Gasteiger charge is -2.28. The molecule has 98 valence electrons. The maximum Gasteiger partial charge on any atom is 0.107 e. The first kappa shape index (κ1) is 13.4. The fourth-order valence-corrected chi connectivity index (χ4v) is 7.15. The number of benzene rings is 1. The maximum absolute atomic E-state index is 2.46. The van der Waals surface area contributed by atoms with Gasteiger partial charge in [-0.05, 0) is 30.5 Å². The average Bonchev–Trinajstić information content (AvgIpc) is 2.70. The minimum atomic E-state index is -1.28. The number of aromatic nitrogens is 1. The van der Waals surface area contributed by atoms with E-state index in [1.807, 2.05) is 0 Å². The molecule has 1 heterocycles. The third-order valence-corrected chi connectivity index (χ3v) is 10.4. The molecule has 0 fully saturated rings. The molecule has 0 bridgehead atoms. The van der Waals surface area contributed by atoms with Crippen LogP contribution in [0, 0.1) is 6.92 Å². The second kappa shape index (κ2) is 4.92. The first-order chi connectivity index (χ1) is 8.57. The van der Waals surface area contributed by atoms with Crippen molar-refractivity contribution in [3.8, 4) is 0 Å². The van der Waals surface area contributed by atoms with Gasteiger partial charge < -0.3 is 4.57 Å². The van der Waals surface area contributed by atoms with Gasteiger partial charge in [-0.2, -0.15) is 0 Å². The lowest BCUT2D eigenvalue weighted by Crippen LogP contribution is -2.48. The van der Waals surface area contributed by atoms with Gasteiger partial charge >= 0.3 is 0 Å². The largest absolute Gasteiger partial charge is 0.352 e. The summed E-state index contributed by atoms with van der Waals surface area (Å²) in [5, 5.41) is 3.05. The summed E-state index contributed by atoms with van der Waals surface area (Å²) in [4.78, 5) is 0. The van der Waals surface area contributed by atoms with Crippen LogP contribution in [0.5, 0.6) is 0 Å². The quantitative estimate of drug-likeness (QED) is 0.725. The van der Waals surface area contributed by atoms with Crippen molar-refractivity contribution < 1.29 is 0 Å². The molecule has 2 rings (SSSR count). The van der Waals surface area contributed by atoms with Gasteiger partial charge in [0.05, 0.1) is 0 Å². The second-order valence-corrected chi connectivity index (χ2v) is 10.7. The summed E-state index contributed by atoms with van der Waals surface area (Å²) in [7, 11) is 0.970. The molecule has 0 spiro atoms. The molecule has 1 aromatic heterocycles. The van der Waals surface area contributed by atoms with Crippen LogP contribution in [0.15, 0.2) is 24.3 Å². The molecule has 18 heavy (non-hydrogen) atoms. The zero-order chi connectivity index (χ0) is 13.3. The van der Waals surface area contributed by atoms with Crippen molar-refractivity contribution in [2.75, 3.05) is 0 Å². The Hall–Kier alpha value is -1.02. The first-order valence-corrected chi connectivity index (χ1v) is 9.76. The smallest absolute Gasteiger partial charge is 0.107 e. The molecule has 2 heteroatoms. The highest BCUT2D eigenvalue weighted by Gasteiger charge is 2.32. The number of hydrogen-bond acceptors (Lipinski definition) is 0. The van der Waals surface area contributed by atoms with Gasteiger partial charge in [0.15, 0.2) is 0 Å². The Morgan fingerprint density at radius 2 is 1.61 bits per heavy atom. The molecule has 0 saturated carbocycles. The lowest BCUT2D eigenvalue weighted by molar-refractivity contribution is 0.982. The fraction of sp³-hybridized carbons (Fsp3) is 0.500. The molecular formula is C16H25NSi. The Bertz CT molecular complexity index is 541. The molecule has 0 saturated heterocycles. The standard InChI is InChI=1S/C16H25NSi/c1-6-18(7-2,8-3)16-12-14-11-13(4)9-10-15(14)17(16)5/h9-12H,6-8H2,1-5H3. The highest BCUT2D eigenvalue weighted by Crippen LogP contribution is 2.24. The van der Waals surface area contributed by atoms with E-state index in [0.717, 1.165) is 0 Å². The van der Waals surface area contributed by atoms with E-state index in [1.165, 1.54) is 34.6 Å². The van der Waals surface area contributed by atoms with Crippen molar-refractivity contribution in [3.63, 3.8) is 0 Å². The third-order valence-electron chi connectivity index (χ3n) is 4.77. The summed E-state index contributed by atoms with van der Waals surface area (Å²) < 4.78 is 2.46. The van der Waals surface area contributed by atoms with E-state index in [2.05, 4.69) is 63.6 Å². The second-order valence-electron chi connectivity index (χ2n) is 5.49. The molecular weight excluding hydrogens is 234 g/mol. The molecule has 0 aliphatic carbocycles. The van der Waals surface area contributed by atoms with E-state index in [1.54, 1.807) is 5.32 Å². The van der Waals surface area contributed by atoms with Crippen LogP contribution in [-0.2, 0) is 7.05 Å². The summed E-state index contributed by atoms with van der Waals surface area (Å²) in [6, 6.07) is 13.3. The van der Waals surface area contributed by atoms with Crippen LogP contribution in [0.4, 0.5) is 0 Å². The Kier molecular flexibility index (Phi) is 3.67. The van der Waals surface area contributed by atoms with E-state index >= 15 is 0 Å². The van der Waals surface area contributed by atoms with Gasteiger partial charge in [-0.3, -0.25) is 0 Å². The van der Waals surface area contributed by atoms with Gasteiger partial charge in [0.2, 0.25) is 0 Å². The van der Waals surface area contributed by atoms with Crippen LogP contribution in [0.1, 0.15) is 26.3 Å². The zero-order valence-electron chi connectivity index (χ0n) is 12.4. The molecule has 0 unspecified atom stereocenters. The van der Waals surface area contributed by atoms with Crippen molar-refractivity contribution in [3.05, 3.63) is 29.8 Å². The topological polar surface area (TPSA) is 4.93 Å². The van der Waals surface area contributed by atoms with Gasteiger partial charge in [0, 0.05) is 17.9 Å². The van der Waals surface area contributed by atoms with Gasteiger partial charge in [0.25, 0.3) is 0 Å². The summed E-state index contributed by atoms with van der Waals surface area (Å²) in [5.74, 6) is 0. The monoisotopic (exact) mass is 259 g/mol. The fourth-order valence-electron chi connectivity index (χ4n) is 3.27. The van der Waals surface area contributed by atoms with Crippen LogP contribution in [0.3, 0.4) is 0 Å². The summed E-state index contributed by atoms with van der Waals surface area (Å²) in [6.07, 6.45) is 0. The Balaban J connectivity index is 2.67. The number of rotatable bonds is 4. The number of fused-ring (bicyclic) bond motifs is 1. The molecule has 2 aromatic rings. The molecule has 0 atom stereocenters. The molecule has 0 aliphatic heterocycles. The van der Waals surface area contributed by atoms with Crippen molar-refractivity contribution in [1.29, 1.82) is 0 Å². The third kappa shape index (κ3) is 1.93. The van der Waals surface area contributed by atoms with Crippen LogP contribution in [0.2, 0.25) is 18.1 Å². The van der Waals surface area contributed by atoms with Gasteiger partial charge in [0.1, 0.15) is 8.07 Å². The maximum atomic E-state index is 2.46. The van der Waals surface area contributed by atoms with E-state index in [4.69, 9.17) is 0 Å². The minimum Gasteiger partial charge on any atom is -0.352 e. The van der Waals surface area contributed by atoms with Gasteiger partial charge in [-0.25, -0.2) is 0 Å². The molecule has 0 radical (unpaired) electrons. The van der Waals surface area contributed by atoms with Crippen molar-refractivity contribution in [1.82, 2.24) is 4.57 Å². The van der Waals surface area contributed by atoms with E-state index in [-0.39, 0.29) is 0 Å². The van der Waals surface area contributed by atoms with Crippen LogP contribution in [-0.4, -0.2) is 12.6 Å². The predicted octanol–water partition coefficient (Wildman–Crippen LogP) is 4.20. The summed E-state index contributed by atoms with van der Waals surface area (Å²) in [5.41, 5.74) is 2.75. The number of aryl methyl sites for hydroxylation is 2. The van der Waals surface area contributed by atoms with Crippen LogP contribution in [0.25, 0.3) is 10.9 Å². The van der Waals surface area contributed by atoms with Gasteiger partial charge in [-0.15, -0.1) is 0 Å². The van der Waals surface area contributed by atoms with Crippen LogP contribution >= 0.6 is 0 Å². The predicted molar refractivity (Wildman–Crippen MR) is 84.5 cm³/mol. The van der Waals surface area contributed by atoms with Crippen LogP contribution < -0.4 is 5.32 Å². The molecule has 0 amide bonds. The van der Waals surface area contributed by atoms with E-state index < -0.39 is 8.07 Å². The Morgan fingerprint density at radius 3 is 2.17 bits per heavy atom. The highest BCUT2D eigenvalue weighted by atomic mass is 28.3. The Morgan fingerprint density at radius 1 is 1.00 bits per heavy atom. The normalized spacial score (nSPS) is 12.3. The average molecular weight is 259 g/mol. The summed E-state index contributed by atoms with van der Waals surface area (Å²) >= 11 is 0. The zero-order valence-corrected chi connectivity index (χ0v) is 13.4. The van der Waals surface area contributed by atoms with Crippen molar-refractivity contribution in [2.24, 2.45) is 7.05 Å². The van der Waals surface area contributed by atoms with Crippen molar-refractivity contribution in [2.45, 2.75) is 45.8 Å². The lowest BCUT2D eigenvalue weighted by atomic mass is 10.2. The van der Waals surface area contributed by atoms with E-state index in [9.17, 15) is 0 Å². The SMILES string of the molecule is CC[Si](CC)(CC)c1cc2cc(C)ccc2n1C. The molecule has 0 N–H and O–H groups in total. The first-order valence-electron chi connectivity index (χ1n) is 7.14. The molecule has 1 nitrogen and oxygen atoms in total. The van der Waals surface area contributed by atoms with E-state index in [0.29, 0.717) is 0 Å². The molecule has 1 aromatic carbocycles. The van der Waals surface area contributed by atoms with Gasteiger partial charge in [-0.1, -0.05) is 50.5 Å². The van der Waals surface area contributed by atoms with Crippen molar-refractivity contribution >= 4 is 24.3 Å². The highest BCUT2D eigenvalue weighted by molar-refractivity contribution is 6.91. The summed E-state index contributed by atoms with van der Waals surface area (Å²) in [6.45, 7) is 9.31. The molecule has 0 aliphatic rings. The number of hydrogen-bond donors (Lipinski definition) is 0. The number of nitrogens with zero attached hydrogens (tertiary/aromatic N) is 1.